The van der Waals surface area contributed by atoms with Crippen molar-refractivity contribution in [2.75, 3.05) is 7.11 Å². The van der Waals surface area contributed by atoms with E-state index < -0.39 is 5.97 Å². The number of hydrogen-bond acceptors (Lipinski definition) is 5. The molecule has 0 saturated heterocycles. The van der Waals surface area contributed by atoms with Crippen molar-refractivity contribution in [3.63, 3.8) is 0 Å². The fourth-order valence-electron chi connectivity index (χ4n) is 1.63. The summed E-state index contributed by atoms with van der Waals surface area (Å²) in [6.07, 6.45) is 2.91. The van der Waals surface area contributed by atoms with Gasteiger partial charge in [0.1, 0.15) is 5.75 Å². The number of hydrogen-bond donors (Lipinski definition) is 1. The number of nitrogens with zero attached hydrogens (tertiary/aromatic N) is 1. The van der Waals surface area contributed by atoms with Crippen LogP contribution in [0.2, 0.25) is 0 Å². The van der Waals surface area contributed by atoms with Crippen LogP contribution in [-0.2, 0) is 9.53 Å². The lowest BCUT2D eigenvalue weighted by Crippen LogP contribution is -2.29. The van der Waals surface area contributed by atoms with Gasteiger partial charge in [0, 0.05) is 5.22 Å². The highest BCUT2D eigenvalue weighted by molar-refractivity contribution is 6.13. The molecule has 0 saturated carbocycles. The molecule has 0 aromatic heterocycles. The molecule has 0 heterocycles. The first-order chi connectivity index (χ1) is 8.60. The Morgan fingerprint density at radius 1 is 1.50 bits per heavy atom. The Bertz CT molecular complexity index is 617. The molecule has 18 heavy (non-hydrogen) atoms. The van der Waals surface area contributed by atoms with E-state index >= 15 is 0 Å². The highest BCUT2D eigenvalue weighted by Gasteiger charge is 2.11. The second-order valence-electron chi connectivity index (χ2n) is 3.38. The molecule has 0 unspecified atom stereocenters. The zero-order valence-electron chi connectivity index (χ0n) is 10.1. The van der Waals surface area contributed by atoms with Crippen LogP contribution >= 0.6 is 0 Å². The summed E-state index contributed by atoms with van der Waals surface area (Å²) in [5, 5.41) is 13.1. The third-order valence-electron chi connectivity index (χ3n) is 2.48. The topological polar surface area (TPSA) is 76.0 Å². The summed E-state index contributed by atoms with van der Waals surface area (Å²) < 4.78 is 4.63. The minimum Gasteiger partial charge on any atom is -0.506 e. The molecule has 0 bridgehead atoms. The number of ether oxygens (including phenoxy) is 1. The first kappa shape index (κ1) is 13.6. The van der Waals surface area contributed by atoms with Gasteiger partial charge >= 0.3 is 5.97 Å². The number of phenolic OH excluding ortho intramolecular Hbond substituents is 1. The number of esters is 1. The molecular formula is C13H13NO4. The molecule has 1 N–H and O–H groups in total. The molecule has 5 heteroatoms. The number of nitroso groups, excluding NO2 is 1. The molecule has 0 atom stereocenters. The van der Waals surface area contributed by atoms with Gasteiger partial charge in [-0.3, -0.25) is 0 Å². The average Bonchev–Trinajstić information content (AvgIpc) is 2.40. The van der Waals surface area contributed by atoms with Gasteiger partial charge in [-0.05, 0) is 29.5 Å². The van der Waals surface area contributed by atoms with E-state index in [2.05, 4.69) is 16.5 Å². The van der Waals surface area contributed by atoms with Crippen molar-refractivity contribution < 1.29 is 14.6 Å². The first-order valence-electron chi connectivity index (χ1n) is 5.17. The molecule has 0 aliphatic carbocycles. The van der Waals surface area contributed by atoms with Crippen LogP contribution in [0.15, 0.2) is 30.0 Å². The minimum absolute atomic E-state index is 0.113. The van der Waals surface area contributed by atoms with Crippen LogP contribution in [0.3, 0.4) is 0 Å². The van der Waals surface area contributed by atoms with E-state index in [9.17, 15) is 14.8 Å². The Morgan fingerprint density at radius 2 is 2.17 bits per heavy atom. The first-order valence-corrected chi connectivity index (χ1v) is 5.17. The van der Waals surface area contributed by atoms with E-state index in [4.69, 9.17) is 0 Å². The molecule has 0 spiro atoms. The Labute approximate surface area is 104 Å². The van der Waals surface area contributed by atoms with Gasteiger partial charge in [0.15, 0.2) is 5.69 Å². The maximum absolute atomic E-state index is 11.6. The molecule has 0 radical (unpaired) electrons. The van der Waals surface area contributed by atoms with Gasteiger partial charge < -0.3 is 9.84 Å². The third-order valence-corrected chi connectivity index (χ3v) is 2.48. The van der Waals surface area contributed by atoms with E-state index in [1.807, 2.05) is 0 Å². The number of carbonyl (C=O) groups excluding carboxylic acids is 1. The summed E-state index contributed by atoms with van der Waals surface area (Å²) in [4.78, 5) is 22.3. The van der Waals surface area contributed by atoms with Crippen molar-refractivity contribution in [3.05, 3.63) is 40.1 Å². The van der Waals surface area contributed by atoms with Gasteiger partial charge in [0.05, 0.1) is 12.7 Å². The predicted octanol–water partition coefficient (Wildman–Crippen LogP) is 1.10. The molecule has 1 aromatic carbocycles. The van der Waals surface area contributed by atoms with E-state index in [0.717, 1.165) is 0 Å². The van der Waals surface area contributed by atoms with Crippen LogP contribution in [0, 0.1) is 4.91 Å². The van der Waals surface area contributed by atoms with Crippen LogP contribution in [-0.4, -0.2) is 18.2 Å². The summed E-state index contributed by atoms with van der Waals surface area (Å²) in [6.45, 7) is 5.21. The SMILES string of the molecule is C=C/C(C(=O)OC)=c1/ccc(O)c(N=O)/c1=C/C. The normalized spacial score (nSPS) is 12.9. The quantitative estimate of drug-likeness (QED) is 0.641. The van der Waals surface area contributed by atoms with E-state index in [1.165, 1.54) is 25.3 Å². The van der Waals surface area contributed by atoms with Crippen molar-refractivity contribution in [1.29, 1.82) is 0 Å². The van der Waals surface area contributed by atoms with Crippen molar-refractivity contribution in [2.45, 2.75) is 6.92 Å². The largest absolute Gasteiger partial charge is 0.506 e. The van der Waals surface area contributed by atoms with Crippen molar-refractivity contribution in [3.8, 4) is 5.75 Å². The molecule has 0 fully saturated rings. The Morgan fingerprint density at radius 3 is 2.61 bits per heavy atom. The predicted molar refractivity (Wildman–Crippen MR) is 68.6 cm³/mol. The van der Waals surface area contributed by atoms with Gasteiger partial charge in [-0.1, -0.05) is 18.7 Å². The number of rotatable bonds is 3. The van der Waals surface area contributed by atoms with Crippen LogP contribution in [0.4, 0.5) is 5.69 Å². The fourth-order valence-corrected chi connectivity index (χ4v) is 1.63. The van der Waals surface area contributed by atoms with Crippen molar-refractivity contribution >= 4 is 23.3 Å². The Kier molecular flexibility index (Phi) is 4.37. The number of methoxy groups -OCH3 is 1. The Balaban J connectivity index is 3.92. The summed E-state index contributed by atoms with van der Waals surface area (Å²) in [5.41, 5.74) is 0.0914. The highest BCUT2D eigenvalue weighted by atomic mass is 16.5. The monoisotopic (exact) mass is 247 g/mol. The average molecular weight is 247 g/mol. The van der Waals surface area contributed by atoms with E-state index in [1.54, 1.807) is 13.0 Å². The van der Waals surface area contributed by atoms with Gasteiger partial charge in [-0.2, -0.15) is 0 Å². The van der Waals surface area contributed by atoms with E-state index in [0.29, 0.717) is 10.4 Å². The van der Waals surface area contributed by atoms with Crippen molar-refractivity contribution in [2.24, 2.45) is 5.18 Å². The third kappa shape index (κ3) is 2.29. The number of phenols is 1. The van der Waals surface area contributed by atoms with Crippen LogP contribution in [0.5, 0.6) is 5.75 Å². The van der Waals surface area contributed by atoms with Gasteiger partial charge in [0.25, 0.3) is 0 Å². The molecule has 0 aliphatic rings. The molecule has 0 aliphatic heterocycles. The van der Waals surface area contributed by atoms with Crippen molar-refractivity contribution in [1.82, 2.24) is 0 Å². The maximum Gasteiger partial charge on any atom is 0.338 e. The summed E-state index contributed by atoms with van der Waals surface area (Å²) in [7, 11) is 1.25. The summed E-state index contributed by atoms with van der Waals surface area (Å²) >= 11 is 0. The zero-order valence-corrected chi connectivity index (χ0v) is 10.1. The number of carbonyl (C=O) groups is 1. The van der Waals surface area contributed by atoms with Crippen LogP contribution < -0.4 is 10.4 Å². The second kappa shape index (κ2) is 5.77. The molecule has 94 valence electrons. The van der Waals surface area contributed by atoms with Crippen LogP contribution in [0.1, 0.15) is 6.92 Å². The van der Waals surface area contributed by atoms with Gasteiger partial charge in [-0.15, -0.1) is 4.91 Å². The minimum atomic E-state index is -0.573. The van der Waals surface area contributed by atoms with Gasteiger partial charge in [0.2, 0.25) is 0 Å². The zero-order chi connectivity index (χ0) is 13.7. The lowest BCUT2D eigenvalue weighted by Gasteiger charge is -2.03. The second-order valence-corrected chi connectivity index (χ2v) is 3.38. The Hall–Kier alpha value is -2.43. The highest BCUT2D eigenvalue weighted by Crippen LogP contribution is 2.19. The molecule has 1 aromatic rings. The van der Waals surface area contributed by atoms with E-state index in [-0.39, 0.29) is 17.0 Å². The molecule has 5 nitrogen and oxygen atoms in total. The summed E-state index contributed by atoms with van der Waals surface area (Å²) in [6, 6.07) is 2.80. The molecular weight excluding hydrogens is 234 g/mol. The molecule has 0 amide bonds. The van der Waals surface area contributed by atoms with Crippen LogP contribution in [0.25, 0.3) is 11.6 Å². The lowest BCUT2D eigenvalue weighted by atomic mass is 10.1. The number of benzene rings is 1. The molecule has 1 rings (SSSR count). The number of aromatic hydroxyl groups is 1. The standard InChI is InChI=1S/C13H13NO4/c1-4-8-10(9(5-2)13(16)18-3)6-7-11(15)12(8)14-17/h4-7,15H,2H2,1,3H3/b8-4+,10-9+. The maximum atomic E-state index is 11.6. The smallest absolute Gasteiger partial charge is 0.338 e. The van der Waals surface area contributed by atoms with Gasteiger partial charge in [-0.25, -0.2) is 4.79 Å². The lowest BCUT2D eigenvalue weighted by molar-refractivity contribution is -0.133. The summed E-state index contributed by atoms with van der Waals surface area (Å²) in [5.74, 6) is -0.814. The fraction of sp³-hybridized carbons (Fsp3) is 0.154.